The highest BCUT2D eigenvalue weighted by Gasteiger charge is 2.23. The first kappa shape index (κ1) is 18.2. The standard InChI is InChI=1S/C21H17N7O2S/c1-27-16-13(18-19(27)25-20(31-18)17(29)15-6-3-7-22-15)9-24-28(21(16)30)10-11-4-2-5-14-12(11)8-23-26-14/h2-6,8-9,17,29H,7,10H2,1H3,(H,23,26)/t17-/m1/s1. The SMILES string of the molecule is Cn1c2nc([C@H](O)C3=NCC=C3)sc2c2cnn(Cc3cccc4[nH]ncc34)c(=O)c21. The quantitative estimate of drug-likeness (QED) is 0.453. The normalized spacial score (nSPS) is 14.8. The molecular weight excluding hydrogens is 414 g/mol. The minimum absolute atomic E-state index is 0.184. The predicted molar refractivity (Wildman–Crippen MR) is 120 cm³/mol. The van der Waals surface area contributed by atoms with Crippen LogP contribution in [0.15, 0.2) is 52.5 Å². The molecule has 5 aromatic rings. The van der Waals surface area contributed by atoms with Gasteiger partial charge >= 0.3 is 0 Å². The average molecular weight is 431 g/mol. The number of aromatic amines is 1. The van der Waals surface area contributed by atoms with Crippen LogP contribution in [0.5, 0.6) is 0 Å². The summed E-state index contributed by atoms with van der Waals surface area (Å²) in [6.07, 6.45) is 6.31. The van der Waals surface area contributed by atoms with Crippen molar-refractivity contribution >= 4 is 49.2 Å². The Morgan fingerprint density at radius 1 is 1.29 bits per heavy atom. The van der Waals surface area contributed by atoms with E-state index in [1.807, 2.05) is 37.4 Å². The van der Waals surface area contributed by atoms with E-state index in [2.05, 4.69) is 25.3 Å². The number of hydrogen-bond donors (Lipinski definition) is 2. The molecule has 31 heavy (non-hydrogen) atoms. The van der Waals surface area contributed by atoms with Gasteiger partial charge in [-0.15, -0.1) is 11.3 Å². The van der Waals surface area contributed by atoms with Gasteiger partial charge < -0.3 is 9.67 Å². The van der Waals surface area contributed by atoms with E-state index in [-0.39, 0.29) is 5.56 Å². The van der Waals surface area contributed by atoms with E-state index in [0.717, 1.165) is 26.6 Å². The van der Waals surface area contributed by atoms with E-state index in [1.165, 1.54) is 16.0 Å². The van der Waals surface area contributed by atoms with Crippen LogP contribution in [0.4, 0.5) is 0 Å². The molecular formula is C21H17N7O2S. The first-order valence-electron chi connectivity index (χ1n) is 9.76. The van der Waals surface area contributed by atoms with Crippen molar-refractivity contribution in [2.75, 3.05) is 6.54 Å². The highest BCUT2D eigenvalue weighted by Crippen LogP contribution is 2.34. The van der Waals surface area contributed by atoms with E-state index < -0.39 is 6.10 Å². The number of aliphatic hydroxyl groups excluding tert-OH is 1. The van der Waals surface area contributed by atoms with Crippen molar-refractivity contribution < 1.29 is 5.11 Å². The number of aromatic nitrogens is 6. The second kappa shape index (κ2) is 6.69. The summed E-state index contributed by atoms with van der Waals surface area (Å²) >= 11 is 1.37. The third-order valence-corrected chi connectivity index (χ3v) is 6.75. The minimum atomic E-state index is -0.866. The Hall–Kier alpha value is -3.63. The number of aryl methyl sites for hydroxylation is 1. The molecule has 0 saturated heterocycles. The predicted octanol–water partition coefficient (Wildman–Crippen LogP) is 2.31. The number of fused-ring (bicyclic) bond motifs is 4. The highest BCUT2D eigenvalue weighted by molar-refractivity contribution is 7.19. The molecule has 0 unspecified atom stereocenters. The largest absolute Gasteiger partial charge is 0.380 e. The number of aliphatic imine (C=N–C) groups is 1. The zero-order valence-electron chi connectivity index (χ0n) is 16.5. The summed E-state index contributed by atoms with van der Waals surface area (Å²) in [6, 6.07) is 5.84. The molecule has 10 heteroatoms. The number of H-pyrrole nitrogens is 1. The fraction of sp³-hybridized carbons (Fsp3) is 0.190. The molecule has 1 aliphatic rings. The van der Waals surface area contributed by atoms with Crippen molar-refractivity contribution in [1.82, 2.24) is 29.5 Å². The summed E-state index contributed by atoms with van der Waals surface area (Å²) in [7, 11) is 1.82. The minimum Gasteiger partial charge on any atom is -0.380 e. The third kappa shape index (κ3) is 2.69. The Balaban J connectivity index is 1.46. The van der Waals surface area contributed by atoms with Gasteiger partial charge in [-0.3, -0.25) is 14.9 Å². The van der Waals surface area contributed by atoms with Gasteiger partial charge in [0.2, 0.25) is 0 Å². The summed E-state index contributed by atoms with van der Waals surface area (Å²) in [4.78, 5) is 22.2. The lowest BCUT2D eigenvalue weighted by atomic mass is 10.1. The Labute approximate surface area is 179 Å². The van der Waals surface area contributed by atoms with Gasteiger partial charge in [0.1, 0.15) is 16.6 Å². The van der Waals surface area contributed by atoms with Gasteiger partial charge in [-0.05, 0) is 17.7 Å². The zero-order valence-corrected chi connectivity index (χ0v) is 17.3. The first-order chi connectivity index (χ1) is 15.1. The average Bonchev–Trinajstić information content (AvgIpc) is 3.56. The van der Waals surface area contributed by atoms with Crippen molar-refractivity contribution in [3.63, 3.8) is 0 Å². The molecule has 0 fully saturated rings. The molecule has 0 bridgehead atoms. The molecule has 2 N–H and O–H groups in total. The molecule has 1 aromatic carbocycles. The zero-order chi connectivity index (χ0) is 21.1. The maximum Gasteiger partial charge on any atom is 0.291 e. The summed E-state index contributed by atoms with van der Waals surface area (Å²) in [5.41, 5.74) is 3.51. The molecule has 4 aromatic heterocycles. The van der Waals surface area contributed by atoms with E-state index in [0.29, 0.717) is 35.0 Å². The van der Waals surface area contributed by atoms with Crippen LogP contribution in [0.25, 0.3) is 32.2 Å². The lowest BCUT2D eigenvalue weighted by Crippen LogP contribution is -2.24. The molecule has 9 nitrogen and oxygen atoms in total. The third-order valence-electron chi connectivity index (χ3n) is 5.62. The molecule has 154 valence electrons. The number of nitrogens with one attached hydrogen (secondary N) is 1. The maximum atomic E-state index is 13.3. The van der Waals surface area contributed by atoms with Crippen LogP contribution in [0.2, 0.25) is 0 Å². The fourth-order valence-electron chi connectivity index (χ4n) is 4.05. The lowest BCUT2D eigenvalue weighted by molar-refractivity contribution is 0.248. The Morgan fingerprint density at radius 2 is 2.19 bits per heavy atom. The van der Waals surface area contributed by atoms with Gasteiger partial charge in [0.25, 0.3) is 5.56 Å². The summed E-state index contributed by atoms with van der Waals surface area (Å²) < 4.78 is 4.08. The van der Waals surface area contributed by atoms with Gasteiger partial charge in [-0.25, -0.2) is 9.67 Å². The second-order valence-electron chi connectivity index (χ2n) is 7.45. The number of nitrogens with zero attached hydrogens (tertiary/aromatic N) is 6. The summed E-state index contributed by atoms with van der Waals surface area (Å²) in [5, 5.41) is 24.3. The molecule has 0 aliphatic carbocycles. The maximum absolute atomic E-state index is 13.3. The molecule has 0 spiro atoms. The van der Waals surface area contributed by atoms with Gasteiger partial charge in [0.15, 0.2) is 5.65 Å². The second-order valence-corrected chi connectivity index (χ2v) is 8.48. The van der Waals surface area contributed by atoms with E-state index in [4.69, 9.17) is 0 Å². The van der Waals surface area contributed by atoms with Crippen LogP contribution in [0, 0.1) is 0 Å². The van der Waals surface area contributed by atoms with Crippen molar-refractivity contribution in [2.45, 2.75) is 12.6 Å². The topological polar surface area (TPSA) is 114 Å². The lowest BCUT2D eigenvalue weighted by Gasteiger charge is -2.07. The number of hydrogen-bond acceptors (Lipinski definition) is 7. The Kier molecular flexibility index (Phi) is 3.92. The number of thiazole rings is 1. The molecule has 6 rings (SSSR count). The van der Waals surface area contributed by atoms with Crippen molar-refractivity contribution in [1.29, 1.82) is 0 Å². The molecule has 1 aliphatic heterocycles. The van der Waals surface area contributed by atoms with Crippen LogP contribution in [0.1, 0.15) is 16.7 Å². The van der Waals surface area contributed by atoms with Crippen molar-refractivity contribution in [3.8, 4) is 0 Å². The molecule has 1 atom stereocenters. The van der Waals surface area contributed by atoms with E-state index in [9.17, 15) is 9.90 Å². The van der Waals surface area contributed by atoms with Gasteiger partial charge in [0.05, 0.1) is 41.4 Å². The number of benzene rings is 1. The molecule has 0 radical (unpaired) electrons. The monoisotopic (exact) mass is 431 g/mol. The van der Waals surface area contributed by atoms with Crippen LogP contribution >= 0.6 is 11.3 Å². The number of aliphatic hydroxyl groups is 1. The number of rotatable bonds is 4. The molecule has 5 heterocycles. The Bertz CT molecular complexity index is 1600. The molecule has 0 amide bonds. The van der Waals surface area contributed by atoms with Crippen molar-refractivity contribution in [2.24, 2.45) is 12.0 Å². The first-order valence-corrected chi connectivity index (χ1v) is 10.6. The van der Waals surface area contributed by atoms with Crippen LogP contribution in [-0.2, 0) is 13.6 Å². The van der Waals surface area contributed by atoms with E-state index >= 15 is 0 Å². The van der Waals surface area contributed by atoms with Crippen LogP contribution in [-0.4, -0.2) is 46.9 Å². The van der Waals surface area contributed by atoms with Crippen LogP contribution < -0.4 is 5.56 Å². The summed E-state index contributed by atoms with van der Waals surface area (Å²) in [5.74, 6) is 0. The molecule has 0 saturated carbocycles. The highest BCUT2D eigenvalue weighted by atomic mass is 32.1. The van der Waals surface area contributed by atoms with Gasteiger partial charge in [0, 0.05) is 17.8 Å². The van der Waals surface area contributed by atoms with E-state index in [1.54, 1.807) is 17.0 Å². The van der Waals surface area contributed by atoms with Crippen LogP contribution in [0.3, 0.4) is 0 Å². The smallest absolute Gasteiger partial charge is 0.291 e. The Morgan fingerprint density at radius 3 is 3.03 bits per heavy atom. The fourth-order valence-corrected chi connectivity index (χ4v) is 5.16. The summed E-state index contributed by atoms with van der Waals surface area (Å²) in [6.45, 7) is 0.921. The van der Waals surface area contributed by atoms with Crippen molar-refractivity contribution in [3.05, 3.63) is 63.7 Å². The van der Waals surface area contributed by atoms with Gasteiger partial charge in [-0.2, -0.15) is 10.2 Å². The van der Waals surface area contributed by atoms with Gasteiger partial charge in [-0.1, -0.05) is 18.2 Å².